The zero-order chi connectivity index (χ0) is 12.3. The minimum atomic E-state index is -0.000148. The van der Waals surface area contributed by atoms with Gasteiger partial charge in [-0.2, -0.15) is 5.06 Å². The molecular formula is C12H24N4O. The van der Waals surface area contributed by atoms with Crippen molar-refractivity contribution in [2.45, 2.75) is 44.4 Å². The van der Waals surface area contributed by atoms with Crippen molar-refractivity contribution in [2.24, 2.45) is 4.99 Å². The second kappa shape index (κ2) is 5.80. The quantitative estimate of drug-likeness (QED) is 0.696. The molecule has 0 bridgehead atoms. The largest absolute Gasteiger partial charge is 0.347 e. The van der Waals surface area contributed by atoms with E-state index >= 15 is 0 Å². The standard InChI is InChI=1S/C12H24N4O/c1-14-10-16(11-7-5-4-6-8-11)9-13-12(14)15(2)17-3/h9,11-12H,4-8,10H2,1-3H3. The summed E-state index contributed by atoms with van der Waals surface area (Å²) in [6.07, 6.45) is 8.75. The van der Waals surface area contributed by atoms with Gasteiger partial charge in [-0.3, -0.25) is 9.74 Å². The number of hydrogen-bond acceptors (Lipinski definition) is 5. The van der Waals surface area contributed by atoms with Gasteiger partial charge >= 0.3 is 0 Å². The Morgan fingerprint density at radius 2 is 2.00 bits per heavy atom. The van der Waals surface area contributed by atoms with E-state index in [1.165, 1.54) is 32.1 Å². The third-order valence-electron chi connectivity index (χ3n) is 3.79. The van der Waals surface area contributed by atoms with Gasteiger partial charge < -0.3 is 4.90 Å². The molecule has 98 valence electrons. The van der Waals surface area contributed by atoms with Gasteiger partial charge in [-0.15, -0.1) is 0 Å². The molecule has 1 fully saturated rings. The lowest BCUT2D eigenvalue weighted by Gasteiger charge is -2.42. The van der Waals surface area contributed by atoms with Crippen LogP contribution in [-0.2, 0) is 4.84 Å². The van der Waals surface area contributed by atoms with Gasteiger partial charge in [0.1, 0.15) is 0 Å². The third-order valence-corrected chi connectivity index (χ3v) is 3.79. The van der Waals surface area contributed by atoms with Crippen molar-refractivity contribution in [3.63, 3.8) is 0 Å². The highest BCUT2D eigenvalue weighted by atomic mass is 16.7. The molecule has 1 unspecified atom stereocenters. The molecule has 0 amide bonds. The molecule has 1 saturated carbocycles. The second-order valence-corrected chi connectivity index (χ2v) is 5.04. The summed E-state index contributed by atoms with van der Waals surface area (Å²) in [7, 11) is 5.68. The van der Waals surface area contributed by atoms with Crippen LogP contribution in [0.25, 0.3) is 0 Å². The van der Waals surface area contributed by atoms with Crippen LogP contribution in [0.3, 0.4) is 0 Å². The Bertz CT molecular complexity index is 265. The van der Waals surface area contributed by atoms with Crippen molar-refractivity contribution < 1.29 is 4.84 Å². The van der Waals surface area contributed by atoms with Crippen molar-refractivity contribution in [2.75, 3.05) is 27.9 Å². The summed E-state index contributed by atoms with van der Waals surface area (Å²) in [5.41, 5.74) is 0. The van der Waals surface area contributed by atoms with Crippen LogP contribution in [0.1, 0.15) is 32.1 Å². The molecule has 0 aromatic carbocycles. The molecule has 5 nitrogen and oxygen atoms in total. The summed E-state index contributed by atoms with van der Waals surface area (Å²) in [5, 5.41) is 1.77. The van der Waals surface area contributed by atoms with E-state index in [1.807, 2.05) is 13.4 Å². The Morgan fingerprint density at radius 1 is 1.29 bits per heavy atom. The Morgan fingerprint density at radius 3 is 2.59 bits per heavy atom. The lowest BCUT2D eigenvalue weighted by Crippen LogP contribution is -2.53. The molecule has 0 spiro atoms. The molecule has 0 saturated heterocycles. The van der Waals surface area contributed by atoms with E-state index in [-0.39, 0.29) is 6.29 Å². The van der Waals surface area contributed by atoms with Crippen LogP contribution >= 0.6 is 0 Å². The summed E-state index contributed by atoms with van der Waals surface area (Å²) in [5.74, 6) is 0. The van der Waals surface area contributed by atoms with E-state index in [2.05, 4.69) is 21.8 Å². The van der Waals surface area contributed by atoms with Gasteiger partial charge in [-0.05, 0) is 19.9 Å². The second-order valence-electron chi connectivity index (χ2n) is 5.04. The van der Waals surface area contributed by atoms with Gasteiger partial charge in [0.15, 0.2) is 6.29 Å². The predicted molar refractivity (Wildman–Crippen MR) is 68.4 cm³/mol. The van der Waals surface area contributed by atoms with Crippen LogP contribution in [0.2, 0.25) is 0 Å². The van der Waals surface area contributed by atoms with Gasteiger partial charge in [-0.1, -0.05) is 19.3 Å². The molecule has 17 heavy (non-hydrogen) atoms. The van der Waals surface area contributed by atoms with Gasteiger partial charge in [0.2, 0.25) is 0 Å². The molecule has 1 atom stereocenters. The van der Waals surface area contributed by atoms with Crippen LogP contribution in [0.15, 0.2) is 4.99 Å². The first-order valence-corrected chi connectivity index (χ1v) is 6.48. The first-order valence-electron chi connectivity index (χ1n) is 6.48. The minimum Gasteiger partial charge on any atom is -0.347 e. The minimum absolute atomic E-state index is 0.000148. The molecule has 0 aromatic heterocycles. The average molecular weight is 240 g/mol. The predicted octanol–water partition coefficient (Wildman–Crippen LogP) is 1.33. The summed E-state index contributed by atoms with van der Waals surface area (Å²) in [4.78, 5) is 14.3. The fourth-order valence-electron chi connectivity index (χ4n) is 2.71. The van der Waals surface area contributed by atoms with Crippen LogP contribution in [0.5, 0.6) is 0 Å². The lowest BCUT2D eigenvalue weighted by atomic mass is 9.94. The summed E-state index contributed by atoms with van der Waals surface area (Å²) in [6.45, 7) is 0.937. The van der Waals surface area contributed by atoms with Crippen LogP contribution in [0.4, 0.5) is 0 Å². The van der Waals surface area contributed by atoms with Crippen molar-refractivity contribution >= 4 is 6.34 Å². The van der Waals surface area contributed by atoms with Crippen molar-refractivity contribution in [3.05, 3.63) is 0 Å². The molecule has 1 aliphatic heterocycles. The SMILES string of the molecule is CON(C)C1N=CN(C2CCCCC2)CN1C. The number of hydroxylamine groups is 2. The first kappa shape index (κ1) is 12.8. The van der Waals surface area contributed by atoms with Crippen LogP contribution in [-0.4, -0.2) is 61.4 Å². The molecular weight excluding hydrogens is 216 g/mol. The lowest BCUT2D eigenvalue weighted by molar-refractivity contribution is -0.181. The fraction of sp³-hybridized carbons (Fsp3) is 0.917. The highest BCUT2D eigenvalue weighted by molar-refractivity contribution is 5.56. The van der Waals surface area contributed by atoms with Crippen LogP contribution in [0, 0.1) is 0 Å². The maximum absolute atomic E-state index is 5.20. The van der Waals surface area contributed by atoms with E-state index in [4.69, 9.17) is 4.84 Å². The maximum Gasteiger partial charge on any atom is 0.182 e. The molecule has 0 N–H and O–H groups in total. The maximum atomic E-state index is 5.20. The first-order chi connectivity index (χ1) is 8.22. The number of aliphatic imine (C=N–C) groups is 1. The summed E-state index contributed by atoms with van der Waals surface area (Å²) >= 11 is 0. The van der Waals surface area contributed by atoms with Gasteiger partial charge in [0.25, 0.3) is 0 Å². The summed E-state index contributed by atoms with van der Waals surface area (Å²) in [6, 6.07) is 0.684. The zero-order valence-electron chi connectivity index (χ0n) is 11.2. The van der Waals surface area contributed by atoms with Gasteiger partial charge in [0.05, 0.1) is 20.1 Å². The van der Waals surface area contributed by atoms with E-state index in [0.29, 0.717) is 6.04 Å². The van der Waals surface area contributed by atoms with E-state index in [0.717, 1.165) is 6.67 Å². The van der Waals surface area contributed by atoms with E-state index in [1.54, 1.807) is 12.2 Å². The number of rotatable bonds is 3. The Hall–Kier alpha value is -0.650. The Labute approximate surface area is 104 Å². The molecule has 0 aromatic rings. The van der Waals surface area contributed by atoms with Crippen LogP contribution < -0.4 is 0 Å². The topological polar surface area (TPSA) is 31.3 Å². The smallest absolute Gasteiger partial charge is 0.182 e. The fourth-order valence-corrected chi connectivity index (χ4v) is 2.71. The van der Waals surface area contributed by atoms with E-state index in [9.17, 15) is 0 Å². The third kappa shape index (κ3) is 2.97. The Kier molecular flexibility index (Phi) is 4.36. The molecule has 5 heteroatoms. The number of nitrogens with zero attached hydrogens (tertiary/aromatic N) is 4. The monoisotopic (exact) mass is 240 g/mol. The van der Waals surface area contributed by atoms with Gasteiger partial charge in [0, 0.05) is 13.1 Å². The molecule has 2 rings (SSSR count). The molecule has 2 aliphatic rings. The van der Waals surface area contributed by atoms with Crippen molar-refractivity contribution in [1.29, 1.82) is 0 Å². The summed E-state index contributed by atoms with van der Waals surface area (Å²) < 4.78 is 0. The molecule has 0 radical (unpaired) electrons. The average Bonchev–Trinajstić information content (AvgIpc) is 2.39. The van der Waals surface area contributed by atoms with Crippen molar-refractivity contribution in [3.8, 4) is 0 Å². The highest BCUT2D eigenvalue weighted by Gasteiger charge is 2.27. The van der Waals surface area contributed by atoms with Crippen molar-refractivity contribution in [1.82, 2.24) is 14.9 Å². The Balaban J connectivity index is 1.95. The van der Waals surface area contributed by atoms with Gasteiger partial charge in [-0.25, -0.2) is 4.99 Å². The zero-order valence-corrected chi connectivity index (χ0v) is 11.2. The number of hydrogen-bond donors (Lipinski definition) is 0. The highest BCUT2D eigenvalue weighted by Crippen LogP contribution is 2.23. The molecule has 1 aliphatic carbocycles. The molecule has 1 heterocycles. The van der Waals surface area contributed by atoms with E-state index < -0.39 is 0 Å². The normalized spacial score (nSPS) is 28.0.